The van der Waals surface area contributed by atoms with E-state index in [2.05, 4.69) is 24.1 Å². The number of nitrogens with zero attached hydrogens (tertiary/aromatic N) is 1. The van der Waals surface area contributed by atoms with Crippen LogP contribution in [0.4, 0.5) is 0 Å². The lowest BCUT2D eigenvalue weighted by Gasteiger charge is -2.25. The number of nitrogens with one attached hydrogen (secondary N) is 1. The molecule has 2 saturated heterocycles. The maximum absolute atomic E-state index is 3.49. The molecular weight excluding hydrogens is 148 g/mol. The third-order valence-electron chi connectivity index (χ3n) is 3.53. The van der Waals surface area contributed by atoms with Gasteiger partial charge in [0.1, 0.15) is 0 Å². The highest BCUT2D eigenvalue weighted by Gasteiger charge is 2.40. The van der Waals surface area contributed by atoms with Crippen molar-refractivity contribution < 1.29 is 0 Å². The summed E-state index contributed by atoms with van der Waals surface area (Å²) in [5.41, 5.74) is 0.657. The van der Waals surface area contributed by atoms with Crippen molar-refractivity contribution in [2.75, 3.05) is 26.2 Å². The van der Waals surface area contributed by atoms with Crippen LogP contribution in [0.1, 0.15) is 26.7 Å². The zero-order chi connectivity index (χ0) is 8.60. The fourth-order valence-electron chi connectivity index (χ4n) is 2.55. The molecule has 2 rings (SSSR count). The minimum Gasteiger partial charge on any atom is -0.316 e. The van der Waals surface area contributed by atoms with Gasteiger partial charge < -0.3 is 10.2 Å². The van der Waals surface area contributed by atoms with Crippen LogP contribution in [0.15, 0.2) is 0 Å². The number of likely N-dealkylation sites (tertiary alicyclic amines) is 1. The third kappa shape index (κ3) is 1.38. The van der Waals surface area contributed by atoms with Gasteiger partial charge in [-0.25, -0.2) is 0 Å². The molecule has 0 aromatic heterocycles. The van der Waals surface area contributed by atoms with Crippen molar-refractivity contribution in [3.8, 4) is 0 Å². The van der Waals surface area contributed by atoms with Crippen LogP contribution in [0, 0.1) is 5.41 Å². The van der Waals surface area contributed by atoms with E-state index in [1.807, 2.05) is 0 Å². The minimum absolute atomic E-state index is 0.657. The van der Waals surface area contributed by atoms with Gasteiger partial charge in [-0.15, -0.1) is 0 Å². The first-order valence-electron chi connectivity index (χ1n) is 5.17. The monoisotopic (exact) mass is 168 g/mol. The van der Waals surface area contributed by atoms with E-state index < -0.39 is 0 Å². The Hall–Kier alpha value is -0.0800. The highest BCUT2D eigenvalue weighted by molar-refractivity contribution is 4.96. The third-order valence-corrected chi connectivity index (χ3v) is 3.53. The largest absolute Gasteiger partial charge is 0.316 e. The summed E-state index contributed by atoms with van der Waals surface area (Å²) < 4.78 is 0. The summed E-state index contributed by atoms with van der Waals surface area (Å²) in [5, 5.41) is 3.49. The SMILES string of the molecule is CC(C)N1CC[C@]2(CCNC2)C1. The van der Waals surface area contributed by atoms with Crippen LogP contribution in [-0.4, -0.2) is 37.1 Å². The van der Waals surface area contributed by atoms with Gasteiger partial charge in [-0.05, 0) is 45.2 Å². The van der Waals surface area contributed by atoms with Crippen LogP contribution in [0.3, 0.4) is 0 Å². The first-order chi connectivity index (χ1) is 5.72. The van der Waals surface area contributed by atoms with Crippen molar-refractivity contribution in [3.05, 3.63) is 0 Å². The van der Waals surface area contributed by atoms with Crippen molar-refractivity contribution in [1.29, 1.82) is 0 Å². The second kappa shape index (κ2) is 3.00. The van der Waals surface area contributed by atoms with Crippen LogP contribution >= 0.6 is 0 Å². The molecule has 12 heavy (non-hydrogen) atoms. The lowest BCUT2D eigenvalue weighted by Crippen LogP contribution is -2.33. The van der Waals surface area contributed by atoms with Crippen molar-refractivity contribution in [2.45, 2.75) is 32.7 Å². The summed E-state index contributed by atoms with van der Waals surface area (Å²) in [6.45, 7) is 9.77. The van der Waals surface area contributed by atoms with Gasteiger partial charge in [0.25, 0.3) is 0 Å². The fraction of sp³-hybridized carbons (Fsp3) is 1.00. The Balaban J connectivity index is 1.96. The molecule has 2 heterocycles. The summed E-state index contributed by atoms with van der Waals surface area (Å²) in [6.07, 6.45) is 2.81. The molecule has 0 bridgehead atoms. The number of hydrogen-bond acceptors (Lipinski definition) is 2. The first kappa shape index (κ1) is 8.52. The Labute approximate surface area is 75.3 Å². The predicted octanol–water partition coefficient (Wildman–Crippen LogP) is 1.08. The first-order valence-corrected chi connectivity index (χ1v) is 5.17. The smallest absolute Gasteiger partial charge is 0.00538 e. The summed E-state index contributed by atoms with van der Waals surface area (Å²) in [5.74, 6) is 0. The van der Waals surface area contributed by atoms with E-state index in [1.165, 1.54) is 39.0 Å². The minimum atomic E-state index is 0.657. The van der Waals surface area contributed by atoms with Gasteiger partial charge in [0.2, 0.25) is 0 Å². The number of rotatable bonds is 1. The average molecular weight is 168 g/mol. The molecule has 2 fully saturated rings. The Morgan fingerprint density at radius 1 is 1.33 bits per heavy atom. The Bertz CT molecular complexity index is 159. The van der Waals surface area contributed by atoms with Gasteiger partial charge in [0, 0.05) is 19.1 Å². The lowest BCUT2D eigenvalue weighted by molar-refractivity contribution is 0.233. The van der Waals surface area contributed by atoms with Crippen LogP contribution < -0.4 is 5.32 Å². The van der Waals surface area contributed by atoms with Crippen molar-refractivity contribution in [3.63, 3.8) is 0 Å². The topological polar surface area (TPSA) is 15.3 Å². The molecule has 0 amide bonds. The molecule has 2 nitrogen and oxygen atoms in total. The normalized spacial score (nSPS) is 37.2. The van der Waals surface area contributed by atoms with Crippen molar-refractivity contribution in [2.24, 2.45) is 5.41 Å². The van der Waals surface area contributed by atoms with Gasteiger partial charge in [0.05, 0.1) is 0 Å². The predicted molar refractivity (Wildman–Crippen MR) is 51.2 cm³/mol. The molecule has 0 radical (unpaired) electrons. The second-order valence-electron chi connectivity index (χ2n) is 4.74. The van der Waals surface area contributed by atoms with Gasteiger partial charge in [-0.2, -0.15) is 0 Å². The second-order valence-corrected chi connectivity index (χ2v) is 4.74. The molecule has 0 saturated carbocycles. The lowest BCUT2D eigenvalue weighted by atomic mass is 9.86. The highest BCUT2D eigenvalue weighted by Crippen LogP contribution is 2.36. The molecule has 2 aliphatic heterocycles. The van der Waals surface area contributed by atoms with E-state index in [-0.39, 0.29) is 0 Å². The van der Waals surface area contributed by atoms with Crippen LogP contribution in [0.2, 0.25) is 0 Å². The molecule has 0 aromatic rings. The Kier molecular flexibility index (Phi) is 2.13. The van der Waals surface area contributed by atoms with Gasteiger partial charge in [-0.1, -0.05) is 0 Å². The van der Waals surface area contributed by atoms with E-state index in [0.29, 0.717) is 5.41 Å². The van der Waals surface area contributed by atoms with E-state index in [4.69, 9.17) is 0 Å². The molecule has 0 aromatic carbocycles. The van der Waals surface area contributed by atoms with Crippen LogP contribution in [0.5, 0.6) is 0 Å². The van der Waals surface area contributed by atoms with E-state index in [1.54, 1.807) is 0 Å². The van der Waals surface area contributed by atoms with Crippen molar-refractivity contribution in [1.82, 2.24) is 10.2 Å². The van der Waals surface area contributed by atoms with Gasteiger partial charge in [0.15, 0.2) is 0 Å². The van der Waals surface area contributed by atoms with E-state index >= 15 is 0 Å². The molecule has 1 spiro atoms. The summed E-state index contributed by atoms with van der Waals surface area (Å²) in [7, 11) is 0. The zero-order valence-corrected chi connectivity index (χ0v) is 8.27. The number of hydrogen-bond donors (Lipinski definition) is 1. The molecule has 1 N–H and O–H groups in total. The maximum atomic E-state index is 3.49. The van der Waals surface area contributed by atoms with Crippen molar-refractivity contribution >= 4 is 0 Å². The Morgan fingerprint density at radius 3 is 2.67 bits per heavy atom. The quantitative estimate of drug-likeness (QED) is 0.630. The average Bonchev–Trinajstić information content (AvgIpc) is 2.62. The van der Waals surface area contributed by atoms with Gasteiger partial charge >= 0.3 is 0 Å². The zero-order valence-electron chi connectivity index (χ0n) is 8.27. The van der Waals surface area contributed by atoms with Crippen LogP contribution in [0.25, 0.3) is 0 Å². The van der Waals surface area contributed by atoms with E-state index in [9.17, 15) is 0 Å². The molecule has 2 heteroatoms. The molecule has 70 valence electrons. The summed E-state index contributed by atoms with van der Waals surface area (Å²) in [6, 6.07) is 0.741. The molecule has 0 aliphatic carbocycles. The van der Waals surface area contributed by atoms with E-state index in [0.717, 1.165) is 6.04 Å². The van der Waals surface area contributed by atoms with Crippen LogP contribution in [-0.2, 0) is 0 Å². The summed E-state index contributed by atoms with van der Waals surface area (Å²) in [4.78, 5) is 2.62. The fourth-order valence-corrected chi connectivity index (χ4v) is 2.55. The molecule has 1 atom stereocenters. The molecular formula is C10H20N2. The highest BCUT2D eigenvalue weighted by atomic mass is 15.2. The Morgan fingerprint density at radius 2 is 2.17 bits per heavy atom. The van der Waals surface area contributed by atoms with Gasteiger partial charge in [-0.3, -0.25) is 0 Å². The maximum Gasteiger partial charge on any atom is 0.00538 e. The standard InChI is InChI=1S/C10H20N2/c1-9(2)12-6-4-10(8-12)3-5-11-7-10/h9,11H,3-8H2,1-2H3/t10-/m0/s1. The molecule has 2 aliphatic rings. The molecule has 0 unspecified atom stereocenters. The summed E-state index contributed by atoms with van der Waals surface area (Å²) >= 11 is 0.